The van der Waals surface area contributed by atoms with Crippen molar-refractivity contribution in [3.63, 3.8) is 0 Å². The second-order valence-corrected chi connectivity index (χ2v) is 8.88. The van der Waals surface area contributed by atoms with Gasteiger partial charge in [0.1, 0.15) is 9.90 Å². The van der Waals surface area contributed by atoms with Crippen molar-refractivity contribution < 1.29 is 12.9 Å². The molecule has 0 aromatic carbocycles. The summed E-state index contributed by atoms with van der Waals surface area (Å²) >= 11 is 1.19. The fourth-order valence-corrected chi connectivity index (χ4v) is 5.21. The Hall–Kier alpha value is -2.21. The molecule has 3 aromatic heterocycles. The van der Waals surface area contributed by atoms with E-state index in [4.69, 9.17) is 4.52 Å². The second-order valence-electron chi connectivity index (χ2n) is 5.99. The number of rotatable bonds is 5. The Morgan fingerprint density at radius 3 is 3.00 bits per heavy atom. The molecule has 1 fully saturated rings. The first-order valence-corrected chi connectivity index (χ1v) is 10.3. The summed E-state index contributed by atoms with van der Waals surface area (Å²) in [5.74, 6) is 0.801. The van der Waals surface area contributed by atoms with E-state index in [9.17, 15) is 8.42 Å². The first kappa shape index (κ1) is 17.2. The van der Waals surface area contributed by atoms with Gasteiger partial charge in [-0.15, -0.1) is 11.3 Å². The molecule has 0 aliphatic carbocycles. The topological polar surface area (TPSA) is 114 Å². The van der Waals surface area contributed by atoms with Crippen molar-refractivity contribution in [2.45, 2.75) is 22.7 Å². The first-order chi connectivity index (χ1) is 12.5. The maximum absolute atomic E-state index is 12.4. The van der Waals surface area contributed by atoms with Crippen LogP contribution in [-0.2, 0) is 10.0 Å². The smallest absolute Gasteiger partial charge is 0.250 e. The second kappa shape index (κ2) is 6.83. The van der Waals surface area contributed by atoms with Crippen LogP contribution in [0.5, 0.6) is 0 Å². The highest BCUT2D eigenvalue weighted by atomic mass is 32.2. The van der Waals surface area contributed by atoms with Crippen LogP contribution in [0, 0.1) is 0 Å². The Bertz CT molecular complexity index is 974. The molecule has 0 spiro atoms. The fourth-order valence-electron chi connectivity index (χ4n) is 2.96. The molecule has 4 rings (SSSR count). The third kappa shape index (κ3) is 3.38. The molecular formula is C15H16N6O3S2. The minimum atomic E-state index is -3.51. The largest absolute Gasteiger partial charge is 0.337 e. The van der Waals surface area contributed by atoms with Gasteiger partial charge in [-0.2, -0.15) is 4.98 Å². The molecule has 0 amide bonds. The van der Waals surface area contributed by atoms with Crippen molar-refractivity contribution >= 4 is 21.4 Å². The van der Waals surface area contributed by atoms with E-state index in [0.29, 0.717) is 34.6 Å². The molecule has 1 aliphatic rings. The Morgan fingerprint density at radius 2 is 2.27 bits per heavy atom. The Labute approximate surface area is 154 Å². The number of likely N-dealkylation sites (tertiary alicyclic amines) is 1. The number of hydrogen-bond donors (Lipinski definition) is 1. The third-order valence-electron chi connectivity index (χ3n) is 4.15. The predicted octanol–water partition coefficient (Wildman–Crippen LogP) is 1.31. The van der Waals surface area contributed by atoms with Crippen molar-refractivity contribution in [3.8, 4) is 11.5 Å². The van der Waals surface area contributed by atoms with E-state index in [1.54, 1.807) is 36.1 Å². The Morgan fingerprint density at radius 1 is 1.38 bits per heavy atom. The van der Waals surface area contributed by atoms with Crippen molar-refractivity contribution in [2.75, 3.05) is 13.6 Å². The highest BCUT2D eigenvalue weighted by molar-refractivity contribution is 7.91. The van der Waals surface area contributed by atoms with E-state index in [1.807, 2.05) is 11.9 Å². The van der Waals surface area contributed by atoms with Crippen LogP contribution >= 0.6 is 11.3 Å². The van der Waals surface area contributed by atoms with E-state index < -0.39 is 10.0 Å². The maximum Gasteiger partial charge on any atom is 0.250 e. The van der Waals surface area contributed by atoms with Gasteiger partial charge in [0.25, 0.3) is 0 Å². The van der Waals surface area contributed by atoms with Gasteiger partial charge in [-0.1, -0.05) is 11.2 Å². The molecule has 1 N–H and O–H groups in total. The summed E-state index contributed by atoms with van der Waals surface area (Å²) < 4.78 is 33.2. The number of nitrogens with one attached hydrogen (secondary N) is 1. The zero-order chi connectivity index (χ0) is 18.1. The van der Waals surface area contributed by atoms with Gasteiger partial charge >= 0.3 is 0 Å². The molecule has 11 heteroatoms. The van der Waals surface area contributed by atoms with Crippen molar-refractivity contribution in [1.82, 2.24) is 29.7 Å². The number of sulfonamides is 1. The van der Waals surface area contributed by atoms with E-state index in [-0.39, 0.29) is 12.1 Å². The molecule has 4 heterocycles. The molecule has 136 valence electrons. The molecule has 26 heavy (non-hydrogen) atoms. The van der Waals surface area contributed by atoms with Gasteiger partial charge in [-0.3, -0.25) is 9.88 Å². The summed E-state index contributed by atoms with van der Waals surface area (Å²) in [6, 6.07) is 2.91. The average molecular weight is 392 g/mol. The van der Waals surface area contributed by atoms with Crippen LogP contribution in [-0.4, -0.2) is 53.1 Å². The Balaban J connectivity index is 1.49. The summed E-state index contributed by atoms with van der Waals surface area (Å²) in [7, 11) is -1.61. The lowest BCUT2D eigenvalue weighted by Gasteiger charge is -2.14. The molecule has 3 aromatic rings. The summed E-state index contributed by atoms with van der Waals surface area (Å²) in [6.07, 6.45) is 5.23. The normalized spacial score (nSPS) is 21.3. The lowest BCUT2D eigenvalue weighted by molar-refractivity contribution is 0.244. The van der Waals surface area contributed by atoms with Gasteiger partial charge in [0.15, 0.2) is 0 Å². The number of likely N-dealkylation sites (N-methyl/N-ethyl adjacent to an activating group) is 1. The fraction of sp³-hybridized carbons (Fsp3) is 0.333. The zero-order valence-corrected chi connectivity index (χ0v) is 15.4. The molecule has 2 unspecified atom stereocenters. The highest BCUT2D eigenvalue weighted by Gasteiger charge is 2.36. The summed E-state index contributed by atoms with van der Waals surface area (Å²) in [4.78, 5) is 14.5. The minimum Gasteiger partial charge on any atom is -0.337 e. The van der Waals surface area contributed by atoms with Crippen LogP contribution in [0.15, 0.2) is 44.8 Å². The summed E-state index contributed by atoms with van der Waals surface area (Å²) in [5, 5.41) is 5.69. The van der Waals surface area contributed by atoms with Gasteiger partial charge in [0, 0.05) is 25.0 Å². The summed E-state index contributed by atoms with van der Waals surface area (Å²) in [6.45, 7) is 0.554. The molecule has 0 radical (unpaired) electrons. The number of hydrogen-bond acceptors (Lipinski definition) is 9. The molecule has 1 aliphatic heterocycles. The van der Waals surface area contributed by atoms with Gasteiger partial charge < -0.3 is 4.52 Å². The zero-order valence-electron chi connectivity index (χ0n) is 13.8. The predicted molar refractivity (Wildman–Crippen MR) is 93.7 cm³/mol. The molecule has 1 saturated heterocycles. The third-order valence-corrected chi connectivity index (χ3v) is 7.07. The van der Waals surface area contributed by atoms with Gasteiger partial charge in [-0.25, -0.2) is 18.1 Å². The maximum atomic E-state index is 12.4. The van der Waals surface area contributed by atoms with Gasteiger partial charge in [0.2, 0.25) is 21.7 Å². The van der Waals surface area contributed by atoms with Crippen molar-refractivity contribution in [3.05, 3.63) is 42.0 Å². The standard InChI is InChI=1S/C15H16N6O3S2/c1-21-9-10(20-26(22,23)13-3-2-6-25-13)7-12(21)15-18-14(19-24-15)11-8-16-4-5-17-11/h2-6,8,10,12,20H,7,9H2,1H3. The first-order valence-electron chi connectivity index (χ1n) is 7.89. The molecule has 0 bridgehead atoms. The molecule has 0 saturated carbocycles. The molecule has 9 nitrogen and oxygen atoms in total. The lowest BCUT2D eigenvalue weighted by atomic mass is 10.2. The number of aromatic nitrogens is 4. The number of thiophene rings is 1. The lowest BCUT2D eigenvalue weighted by Crippen LogP contribution is -2.36. The van der Waals surface area contributed by atoms with Crippen LogP contribution in [0.25, 0.3) is 11.5 Å². The van der Waals surface area contributed by atoms with Crippen LogP contribution in [0.4, 0.5) is 0 Å². The average Bonchev–Trinajstić information content (AvgIpc) is 3.36. The van der Waals surface area contributed by atoms with E-state index in [1.165, 1.54) is 11.3 Å². The monoisotopic (exact) mass is 392 g/mol. The van der Waals surface area contributed by atoms with Crippen LogP contribution in [0.3, 0.4) is 0 Å². The molecular weight excluding hydrogens is 376 g/mol. The van der Waals surface area contributed by atoms with E-state index >= 15 is 0 Å². The number of nitrogens with zero attached hydrogens (tertiary/aromatic N) is 5. The van der Waals surface area contributed by atoms with Crippen LogP contribution in [0.2, 0.25) is 0 Å². The van der Waals surface area contributed by atoms with Crippen LogP contribution < -0.4 is 4.72 Å². The summed E-state index contributed by atoms with van der Waals surface area (Å²) in [5.41, 5.74) is 0.526. The minimum absolute atomic E-state index is 0.163. The van der Waals surface area contributed by atoms with Crippen molar-refractivity contribution in [2.24, 2.45) is 0 Å². The van der Waals surface area contributed by atoms with E-state index in [2.05, 4.69) is 24.8 Å². The van der Waals surface area contributed by atoms with E-state index in [0.717, 1.165) is 0 Å². The van der Waals surface area contributed by atoms with Gasteiger partial charge in [-0.05, 0) is 24.9 Å². The van der Waals surface area contributed by atoms with Crippen LogP contribution in [0.1, 0.15) is 18.4 Å². The SMILES string of the molecule is CN1CC(NS(=O)(=O)c2cccs2)CC1c1nc(-c2cnccn2)no1. The highest BCUT2D eigenvalue weighted by Crippen LogP contribution is 2.31. The quantitative estimate of drug-likeness (QED) is 0.691. The van der Waals surface area contributed by atoms with Crippen molar-refractivity contribution in [1.29, 1.82) is 0 Å². The van der Waals surface area contributed by atoms with Gasteiger partial charge in [0.05, 0.1) is 12.2 Å². The molecule has 2 atom stereocenters. The Kier molecular flexibility index (Phi) is 4.53.